The zero-order valence-corrected chi connectivity index (χ0v) is 15.7. The first kappa shape index (κ1) is 19.3. The summed E-state index contributed by atoms with van der Waals surface area (Å²) in [4.78, 5) is 38.1. The first-order valence-corrected chi connectivity index (χ1v) is 8.90. The molecule has 1 heterocycles. The fourth-order valence-corrected chi connectivity index (χ4v) is 2.98. The van der Waals surface area contributed by atoms with Crippen LogP contribution in [0, 0.1) is 0 Å². The van der Waals surface area contributed by atoms with Crippen LogP contribution in [0.15, 0.2) is 59.4 Å². The van der Waals surface area contributed by atoms with Crippen molar-refractivity contribution in [2.75, 3.05) is 7.05 Å². The van der Waals surface area contributed by atoms with Crippen molar-refractivity contribution in [2.45, 2.75) is 26.0 Å². The molecule has 7 nitrogen and oxygen atoms in total. The lowest BCUT2D eigenvalue weighted by atomic mass is 10.1. The maximum Gasteiger partial charge on any atom is 0.312 e. The van der Waals surface area contributed by atoms with E-state index in [1.54, 1.807) is 38.2 Å². The molecule has 1 atom stereocenters. The second kappa shape index (κ2) is 8.47. The SMILES string of the molecule is C[C@H](OC(=O)Cc1n[nH]c(=O)c2ccccc12)C(=O)N(C)Cc1ccccc1. The van der Waals surface area contributed by atoms with Gasteiger partial charge >= 0.3 is 5.97 Å². The van der Waals surface area contributed by atoms with Gasteiger partial charge < -0.3 is 9.64 Å². The number of ether oxygens (including phenoxy) is 1. The molecule has 0 fully saturated rings. The molecular formula is C21H21N3O4. The van der Waals surface area contributed by atoms with E-state index in [4.69, 9.17) is 4.74 Å². The number of hydrogen-bond donors (Lipinski definition) is 1. The topological polar surface area (TPSA) is 92.4 Å². The van der Waals surface area contributed by atoms with Crippen molar-refractivity contribution < 1.29 is 14.3 Å². The zero-order chi connectivity index (χ0) is 20.1. The number of rotatable bonds is 6. The summed E-state index contributed by atoms with van der Waals surface area (Å²) in [6.45, 7) is 1.97. The van der Waals surface area contributed by atoms with Gasteiger partial charge in [0.25, 0.3) is 11.5 Å². The lowest BCUT2D eigenvalue weighted by Crippen LogP contribution is -2.37. The van der Waals surface area contributed by atoms with Gasteiger partial charge in [0.1, 0.15) is 0 Å². The quantitative estimate of drug-likeness (QED) is 0.662. The molecule has 2 aromatic carbocycles. The molecule has 0 saturated carbocycles. The Kier molecular flexibility index (Phi) is 5.84. The Morgan fingerprint density at radius 3 is 2.43 bits per heavy atom. The summed E-state index contributed by atoms with van der Waals surface area (Å²) in [6.07, 6.45) is -1.06. The Balaban J connectivity index is 1.64. The number of aromatic nitrogens is 2. The van der Waals surface area contributed by atoms with Crippen LogP contribution in [0.2, 0.25) is 0 Å². The Morgan fingerprint density at radius 2 is 1.71 bits per heavy atom. The van der Waals surface area contributed by atoms with Crippen LogP contribution in [0.25, 0.3) is 10.8 Å². The first-order valence-electron chi connectivity index (χ1n) is 8.90. The highest BCUT2D eigenvalue weighted by Crippen LogP contribution is 2.14. The van der Waals surface area contributed by atoms with Crippen molar-refractivity contribution in [1.82, 2.24) is 15.1 Å². The highest BCUT2D eigenvalue weighted by Gasteiger charge is 2.22. The van der Waals surface area contributed by atoms with E-state index in [2.05, 4.69) is 10.2 Å². The summed E-state index contributed by atoms with van der Waals surface area (Å²) in [5.74, 6) is -0.879. The Labute approximate surface area is 161 Å². The highest BCUT2D eigenvalue weighted by molar-refractivity contribution is 5.88. The molecule has 7 heteroatoms. The molecule has 0 radical (unpaired) electrons. The van der Waals surface area contributed by atoms with Gasteiger partial charge in [-0.3, -0.25) is 14.4 Å². The molecule has 3 aromatic rings. The van der Waals surface area contributed by atoms with Gasteiger partial charge in [-0.1, -0.05) is 48.5 Å². The van der Waals surface area contributed by atoms with Crippen molar-refractivity contribution in [3.8, 4) is 0 Å². The molecule has 0 aliphatic rings. The predicted molar refractivity (Wildman–Crippen MR) is 105 cm³/mol. The van der Waals surface area contributed by atoms with Gasteiger partial charge in [0, 0.05) is 19.0 Å². The van der Waals surface area contributed by atoms with Crippen LogP contribution in [-0.4, -0.2) is 40.1 Å². The lowest BCUT2D eigenvalue weighted by molar-refractivity contribution is -0.158. The molecule has 0 saturated heterocycles. The minimum Gasteiger partial charge on any atom is -0.452 e. The summed E-state index contributed by atoms with van der Waals surface area (Å²) in [5, 5.41) is 7.37. The van der Waals surface area contributed by atoms with E-state index in [0.717, 1.165) is 5.56 Å². The van der Waals surface area contributed by atoms with Gasteiger partial charge in [0.05, 0.1) is 17.5 Å². The van der Waals surface area contributed by atoms with Gasteiger partial charge in [-0.25, -0.2) is 5.10 Å². The van der Waals surface area contributed by atoms with Crippen molar-refractivity contribution in [2.24, 2.45) is 0 Å². The predicted octanol–water partition coefficient (Wildman–Crippen LogP) is 2.06. The van der Waals surface area contributed by atoms with E-state index in [-0.39, 0.29) is 17.9 Å². The second-order valence-corrected chi connectivity index (χ2v) is 6.53. The number of fused-ring (bicyclic) bond motifs is 1. The maximum atomic E-state index is 12.5. The van der Waals surface area contributed by atoms with Crippen molar-refractivity contribution in [1.29, 1.82) is 0 Å². The molecule has 28 heavy (non-hydrogen) atoms. The standard InChI is InChI=1S/C21H21N3O4/c1-14(21(27)24(2)13-15-8-4-3-5-9-15)28-19(25)12-18-16-10-6-7-11-17(16)20(26)23-22-18/h3-11,14H,12-13H2,1-2H3,(H,23,26)/t14-/m0/s1. The normalized spacial score (nSPS) is 11.8. The third-order valence-corrected chi connectivity index (χ3v) is 4.38. The van der Waals surface area contributed by atoms with Gasteiger partial charge in [-0.05, 0) is 18.6 Å². The fraction of sp³-hybridized carbons (Fsp3) is 0.238. The van der Waals surface area contributed by atoms with E-state index in [0.29, 0.717) is 23.0 Å². The summed E-state index contributed by atoms with van der Waals surface area (Å²) in [5.41, 5.74) is 1.07. The average molecular weight is 379 g/mol. The number of esters is 1. The van der Waals surface area contributed by atoms with Crippen LogP contribution in [0.1, 0.15) is 18.2 Å². The smallest absolute Gasteiger partial charge is 0.312 e. The molecule has 0 bridgehead atoms. The van der Waals surface area contributed by atoms with Crippen LogP contribution >= 0.6 is 0 Å². The van der Waals surface area contributed by atoms with E-state index in [9.17, 15) is 14.4 Å². The monoisotopic (exact) mass is 379 g/mol. The van der Waals surface area contributed by atoms with E-state index >= 15 is 0 Å². The minimum atomic E-state index is -0.921. The maximum absolute atomic E-state index is 12.5. The van der Waals surface area contributed by atoms with Gasteiger partial charge in [0.15, 0.2) is 6.10 Å². The van der Waals surface area contributed by atoms with E-state index in [1.807, 2.05) is 30.3 Å². The largest absolute Gasteiger partial charge is 0.452 e. The molecule has 3 rings (SSSR count). The van der Waals surface area contributed by atoms with Gasteiger partial charge in [0.2, 0.25) is 0 Å². The number of aromatic amines is 1. The summed E-state index contributed by atoms with van der Waals surface area (Å²) in [6, 6.07) is 16.5. The van der Waals surface area contributed by atoms with Crippen LogP contribution in [0.4, 0.5) is 0 Å². The van der Waals surface area contributed by atoms with Crippen molar-refractivity contribution >= 4 is 22.6 Å². The summed E-state index contributed by atoms with van der Waals surface area (Å²) < 4.78 is 5.29. The van der Waals surface area contributed by atoms with Gasteiger partial charge in [-0.15, -0.1) is 0 Å². The molecule has 0 aliphatic heterocycles. The molecular weight excluding hydrogens is 358 g/mol. The molecule has 0 spiro atoms. The van der Waals surface area contributed by atoms with Crippen molar-refractivity contribution in [3.05, 3.63) is 76.2 Å². The van der Waals surface area contributed by atoms with E-state index < -0.39 is 12.1 Å². The molecule has 1 amide bonds. The van der Waals surface area contributed by atoms with Crippen LogP contribution in [0.3, 0.4) is 0 Å². The number of likely N-dealkylation sites (N-methyl/N-ethyl adjacent to an activating group) is 1. The van der Waals surface area contributed by atoms with Crippen LogP contribution < -0.4 is 5.56 Å². The van der Waals surface area contributed by atoms with Crippen LogP contribution in [0.5, 0.6) is 0 Å². The number of benzene rings is 2. The summed E-state index contributed by atoms with van der Waals surface area (Å²) in [7, 11) is 1.66. The van der Waals surface area contributed by atoms with Crippen LogP contribution in [-0.2, 0) is 27.3 Å². The number of amides is 1. The molecule has 0 unspecified atom stereocenters. The molecule has 1 aromatic heterocycles. The first-order chi connectivity index (χ1) is 13.5. The number of nitrogens with zero attached hydrogens (tertiary/aromatic N) is 2. The average Bonchev–Trinajstić information content (AvgIpc) is 2.70. The Bertz CT molecular complexity index is 1050. The third kappa shape index (κ3) is 4.43. The number of carbonyl (C=O) groups excluding carboxylic acids is 2. The fourth-order valence-electron chi connectivity index (χ4n) is 2.98. The Morgan fingerprint density at radius 1 is 1.07 bits per heavy atom. The molecule has 0 aliphatic carbocycles. The third-order valence-electron chi connectivity index (χ3n) is 4.38. The number of hydrogen-bond acceptors (Lipinski definition) is 5. The van der Waals surface area contributed by atoms with Gasteiger partial charge in [-0.2, -0.15) is 5.10 Å². The number of carbonyl (C=O) groups is 2. The number of H-pyrrole nitrogens is 1. The zero-order valence-electron chi connectivity index (χ0n) is 15.7. The minimum absolute atomic E-state index is 0.142. The summed E-state index contributed by atoms with van der Waals surface area (Å²) >= 11 is 0. The highest BCUT2D eigenvalue weighted by atomic mass is 16.5. The Hall–Kier alpha value is -3.48. The van der Waals surface area contributed by atoms with Crippen molar-refractivity contribution in [3.63, 3.8) is 0 Å². The lowest BCUT2D eigenvalue weighted by Gasteiger charge is -2.21. The number of nitrogens with one attached hydrogen (secondary N) is 1. The molecule has 144 valence electrons. The second-order valence-electron chi connectivity index (χ2n) is 6.53. The van der Waals surface area contributed by atoms with E-state index in [1.165, 1.54) is 4.90 Å². The molecule has 1 N–H and O–H groups in total.